The summed E-state index contributed by atoms with van der Waals surface area (Å²) in [4.78, 5) is 14.6. The van der Waals surface area contributed by atoms with Crippen molar-refractivity contribution < 1.29 is 4.79 Å². The fourth-order valence-corrected chi connectivity index (χ4v) is 3.90. The van der Waals surface area contributed by atoms with Crippen molar-refractivity contribution in [2.45, 2.75) is 63.8 Å². The number of hydrogen-bond acceptors (Lipinski definition) is 2. The Morgan fingerprint density at radius 3 is 2.41 bits per heavy atom. The van der Waals surface area contributed by atoms with Gasteiger partial charge in [0.05, 0.1) is 12.2 Å². The highest BCUT2D eigenvalue weighted by atomic mass is 16.2. The van der Waals surface area contributed by atoms with Crippen LogP contribution in [0.15, 0.2) is 0 Å². The Balaban J connectivity index is 1.68. The first kappa shape index (κ1) is 11.5. The Bertz CT molecular complexity index is 311. The van der Waals surface area contributed by atoms with Gasteiger partial charge in [-0.1, -0.05) is 26.2 Å². The van der Waals surface area contributed by atoms with E-state index in [4.69, 9.17) is 0 Å². The van der Waals surface area contributed by atoms with Crippen LogP contribution in [0, 0.1) is 5.41 Å². The summed E-state index contributed by atoms with van der Waals surface area (Å²) in [6.07, 6.45) is 9.76. The Kier molecular flexibility index (Phi) is 2.69. The molecule has 1 N–H and O–H groups in total. The number of carbonyl (C=O) groups excluding carboxylic acids is 1. The molecule has 3 rings (SSSR count). The summed E-state index contributed by atoms with van der Waals surface area (Å²) in [5.41, 5.74) is 0.306. The molecule has 3 heteroatoms. The van der Waals surface area contributed by atoms with Crippen LogP contribution in [0.3, 0.4) is 0 Å². The molecule has 0 atom stereocenters. The number of hydrogen-bond donors (Lipinski definition) is 1. The predicted molar refractivity (Wildman–Crippen MR) is 67.5 cm³/mol. The van der Waals surface area contributed by atoms with Crippen LogP contribution in [0.1, 0.15) is 58.3 Å². The molecule has 1 saturated heterocycles. The topological polar surface area (TPSA) is 32.3 Å². The number of amides is 1. The first-order valence-corrected chi connectivity index (χ1v) is 7.24. The maximum atomic E-state index is 12.5. The van der Waals surface area contributed by atoms with Crippen molar-refractivity contribution >= 4 is 5.91 Å². The van der Waals surface area contributed by atoms with E-state index in [0.717, 1.165) is 26.1 Å². The van der Waals surface area contributed by atoms with Gasteiger partial charge in [-0.2, -0.15) is 0 Å². The van der Waals surface area contributed by atoms with Gasteiger partial charge in [-0.3, -0.25) is 10.1 Å². The fourth-order valence-electron chi connectivity index (χ4n) is 3.90. The van der Waals surface area contributed by atoms with E-state index in [1.54, 1.807) is 0 Å². The van der Waals surface area contributed by atoms with E-state index in [-0.39, 0.29) is 5.54 Å². The van der Waals surface area contributed by atoms with Gasteiger partial charge in [0.15, 0.2) is 0 Å². The second-order valence-corrected chi connectivity index (χ2v) is 6.33. The summed E-state index contributed by atoms with van der Waals surface area (Å²) in [5.74, 6) is 0.398. The molecule has 0 aromatic heterocycles. The third-order valence-electron chi connectivity index (χ3n) is 5.45. The largest absolute Gasteiger partial charge is 0.328 e. The van der Waals surface area contributed by atoms with Gasteiger partial charge < -0.3 is 4.90 Å². The first-order valence-electron chi connectivity index (χ1n) is 7.24. The van der Waals surface area contributed by atoms with Crippen LogP contribution in [0.4, 0.5) is 0 Å². The number of nitrogens with one attached hydrogen (secondary N) is 1. The first-order chi connectivity index (χ1) is 8.20. The van der Waals surface area contributed by atoms with Crippen molar-refractivity contribution in [1.82, 2.24) is 10.2 Å². The summed E-state index contributed by atoms with van der Waals surface area (Å²) in [5, 5.41) is 3.50. The van der Waals surface area contributed by atoms with E-state index >= 15 is 0 Å². The molecule has 0 radical (unpaired) electrons. The van der Waals surface area contributed by atoms with Crippen LogP contribution in [-0.4, -0.2) is 29.6 Å². The summed E-state index contributed by atoms with van der Waals surface area (Å²) >= 11 is 0. The molecule has 1 spiro atoms. The zero-order valence-corrected chi connectivity index (χ0v) is 10.9. The maximum Gasteiger partial charge on any atom is 0.243 e. The van der Waals surface area contributed by atoms with E-state index in [1.807, 2.05) is 0 Å². The molecule has 2 aliphatic carbocycles. The van der Waals surface area contributed by atoms with Crippen molar-refractivity contribution in [3.8, 4) is 0 Å². The molecule has 1 aliphatic heterocycles. The van der Waals surface area contributed by atoms with Crippen LogP contribution in [0.2, 0.25) is 0 Å². The number of nitrogens with zero attached hydrogens (tertiary/aromatic N) is 1. The molecule has 1 amide bonds. The zero-order valence-electron chi connectivity index (χ0n) is 10.9. The summed E-state index contributed by atoms with van der Waals surface area (Å²) in [6, 6.07) is 0. The summed E-state index contributed by atoms with van der Waals surface area (Å²) < 4.78 is 0. The normalized spacial score (nSPS) is 29.9. The van der Waals surface area contributed by atoms with Gasteiger partial charge in [0.25, 0.3) is 0 Å². The fraction of sp³-hybridized carbons (Fsp3) is 0.929. The molecule has 0 bridgehead atoms. The molecule has 0 aromatic carbocycles. The van der Waals surface area contributed by atoms with Gasteiger partial charge in [0.1, 0.15) is 0 Å². The minimum absolute atomic E-state index is 0.154. The molecule has 3 nitrogen and oxygen atoms in total. The van der Waals surface area contributed by atoms with E-state index in [0.29, 0.717) is 11.3 Å². The highest BCUT2D eigenvalue weighted by molar-refractivity contribution is 5.88. The van der Waals surface area contributed by atoms with E-state index in [2.05, 4.69) is 17.1 Å². The molecule has 3 fully saturated rings. The van der Waals surface area contributed by atoms with Gasteiger partial charge in [0.2, 0.25) is 5.91 Å². The Labute approximate surface area is 104 Å². The lowest BCUT2D eigenvalue weighted by Crippen LogP contribution is -2.47. The number of rotatable bonds is 3. The van der Waals surface area contributed by atoms with Gasteiger partial charge >= 0.3 is 0 Å². The third kappa shape index (κ3) is 1.70. The molecule has 1 heterocycles. The second-order valence-electron chi connectivity index (χ2n) is 6.33. The van der Waals surface area contributed by atoms with Crippen LogP contribution >= 0.6 is 0 Å². The number of carbonyl (C=O) groups is 1. The van der Waals surface area contributed by atoms with Crippen molar-refractivity contribution in [2.24, 2.45) is 5.41 Å². The minimum Gasteiger partial charge on any atom is -0.328 e. The second kappa shape index (κ2) is 3.98. The monoisotopic (exact) mass is 236 g/mol. The van der Waals surface area contributed by atoms with Crippen LogP contribution in [0.25, 0.3) is 0 Å². The van der Waals surface area contributed by atoms with Crippen molar-refractivity contribution in [2.75, 3.05) is 13.2 Å². The Morgan fingerprint density at radius 2 is 1.88 bits per heavy atom. The standard InChI is InChI=1S/C14H24N2O/c1-2-13(6-5-7-13)10-16-11-15-14(12(16)17)8-3-4-9-14/h15H,2-11H2,1H3. The van der Waals surface area contributed by atoms with Crippen LogP contribution in [-0.2, 0) is 4.79 Å². The molecular weight excluding hydrogens is 212 g/mol. The van der Waals surface area contributed by atoms with Gasteiger partial charge in [-0.05, 0) is 37.5 Å². The van der Waals surface area contributed by atoms with E-state index in [1.165, 1.54) is 38.5 Å². The third-order valence-corrected chi connectivity index (χ3v) is 5.45. The van der Waals surface area contributed by atoms with Crippen LogP contribution < -0.4 is 5.32 Å². The molecule has 0 unspecified atom stereocenters. The average Bonchev–Trinajstić information content (AvgIpc) is 2.87. The molecule has 17 heavy (non-hydrogen) atoms. The van der Waals surface area contributed by atoms with E-state index < -0.39 is 0 Å². The Morgan fingerprint density at radius 1 is 1.18 bits per heavy atom. The van der Waals surface area contributed by atoms with E-state index in [9.17, 15) is 4.79 Å². The zero-order chi connectivity index (χ0) is 11.9. The van der Waals surface area contributed by atoms with Crippen molar-refractivity contribution in [3.05, 3.63) is 0 Å². The highest BCUT2D eigenvalue weighted by Crippen LogP contribution is 2.45. The molecule has 96 valence electrons. The predicted octanol–water partition coefficient (Wildman–Crippen LogP) is 2.27. The summed E-state index contributed by atoms with van der Waals surface area (Å²) in [7, 11) is 0. The minimum atomic E-state index is -0.154. The highest BCUT2D eigenvalue weighted by Gasteiger charge is 2.50. The molecule has 3 aliphatic rings. The SMILES string of the molecule is CCC1(CN2CNC3(CCCC3)C2=O)CCC1. The van der Waals surface area contributed by atoms with Crippen molar-refractivity contribution in [3.63, 3.8) is 0 Å². The average molecular weight is 236 g/mol. The van der Waals surface area contributed by atoms with Crippen molar-refractivity contribution in [1.29, 1.82) is 0 Å². The van der Waals surface area contributed by atoms with Gasteiger partial charge in [-0.25, -0.2) is 0 Å². The lowest BCUT2D eigenvalue weighted by molar-refractivity contribution is -0.134. The summed E-state index contributed by atoms with van der Waals surface area (Å²) in [6.45, 7) is 4.07. The van der Waals surface area contributed by atoms with Gasteiger partial charge in [0, 0.05) is 6.54 Å². The lowest BCUT2D eigenvalue weighted by Gasteiger charge is -2.43. The Hall–Kier alpha value is -0.570. The lowest BCUT2D eigenvalue weighted by atomic mass is 9.66. The molecule has 0 aromatic rings. The maximum absolute atomic E-state index is 12.5. The smallest absolute Gasteiger partial charge is 0.243 e. The quantitative estimate of drug-likeness (QED) is 0.815. The van der Waals surface area contributed by atoms with Crippen LogP contribution in [0.5, 0.6) is 0 Å². The molecule has 2 saturated carbocycles. The van der Waals surface area contributed by atoms with Gasteiger partial charge in [-0.15, -0.1) is 0 Å². The molecular formula is C14H24N2O.